The molecule has 2 unspecified atom stereocenters. The number of hydrogen-bond acceptors (Lipinski definition) is 2. The first-order chi connectivity index (χ1) is 7.47. The molecular weight excluding hydrogens is 204 g/mol. The normalized spacial score (nSPS) is 31.0. The molecule has 1 fully saturated rings. The Balaban J connectivity index is 3.02. The van der Waals surface area contributed by atoms with E-state index in [1.54, 1.807) is 11.8 Å². The van der Waals surface area contributed by atoms with Crippen LogP contribution < -0.4 is 5.32 Å². The summed E-state index contributed by atoms with van der Waals surface area (Å²) in [6.45, 7) is 7.86. The summed E-state index contributed by atoms with van der Waals surface area (Å²) in [7, 11) is 0. The quantitative estimate of drug-likeness (QED) is 0.729. The Bertz CT molecular complexity index is 325. The Morgan fingerprint density at radius 1 is 1.50 bits per heavy atom. The molecule has 1 N–H and O–H groups in total. The van der Waals surface area contributed by atoms with Crippen molar-refractivity contribution in [2.24, 2.45) is 0 Å². The van der Waals surface area contributed by atoms with Crippen LogP contribution in [-0.4, -0.2) is 34.8 Å². The minimum atomic E-state index is -0.719. The topological polar surface area (TPSA) is 49.4 Å². The van der Waals surface area contributed by atoms with Gasteiger partial charge in [0, 0.05) is 6.54 Å². The summed E-state index contributed by atoms with van der Waals surface area (Å²) in [6, 6.07) is -0.419. The lowest BCUT2D eigenvalue weighted by atomic mass is 9.91. The average Bonchev–Trinajstić information content (AvgIpc) is 2.26. The van der Waals surface area contributed by atoms with E-state index in [0.717, 1.165) is 0 Å². The lowest BCUT2D eigenvalue weighted by Gasteiger charge is -2.44. The van der Waals surface area contributed by atoms with Crippen molar-refractivity contribution in [1.82, 2.24) is 10.2 Å². The van der Waals surface area contributed by atoms with Crippen molar-refractivity contribution in [3.63, 3.8) is 0 Å². The average molecular weight is 224 g/mol. The van der Waals surface area contributed by atoms with E-state index in [0.29, 0.717) is 13.0 Å². The molecule has 0 aliphatic carbocycles. The molecule has 0 aromatic rings. The second kappa shape index (κ2) is 4.68. The maximum Gasteiger partial charge on any atom is 0.246 e. The fourth-order valence-electron chi connectivity index (χ4n) is 1.87. The van der Waals surface area contributed by atoms with Crippen LogP contribution in [0.1, 0.15) is 34.1 Å². The fourth-order valence-corrected chi connectivity index (χ4v) is 1.87. The van der Waals surface area contributed by atoms with Crippen LogP contribution in [0, 0.1) is 0 Å². The summed E-state index contributed by atoms with van der Waals surface area (Å²) in [5.41, 5.74) is -0.719. The monoisotopic (exact) mass is 224 g/mol. The van der Waals surface area contributed by atoms with Crippen LogP contribution in [0.3, 0.4) is 0 Å². The molecule has 1 heterocycles. The highest BCUT2D eigenvalue weighted by Gasteiger charge is 2.46. The zero-order valence-corrected chi connectivity index (χ0v) is 10.4. The second-order valence-corrected chi connectivity index (χ2v) is 4.34. The molecule has 4 heteroatoms. The van der Waals surface area contributed by atoms with Crippen molar-refractivity contribution in [3.05, 3.63) is 12.2 Å². The molecule has 90 valence electrons. The minimum Gasteiger partial charge on any atom is -0.343 e. The predicted molar refractivity (Wildman–Crippen MR) is 62.8 cm³/mol. The van der Waals surface area contributed by atoms with Crippen LogP contribution in [0.4, 0.5) is 0 Å². The molecule has 0 aromatic carbocycles. The van der Waals surface area contributed by atoms with Gasteiger partial charge >= 0.3 is 0 Å². The maximum absolute atomic E-state index is 12.0. The van der Waals surface area contributed by atoms with E-state index in [1.807, 2.05) is 32.9 Å². The van der Waals surface area contributed by atoms with Crippen LogP contribution in [0.2, 0.25) is 0 Å². The zero-order chi connectivity index (χ0) is 12.3. The maximum atomic E-state index is 12.0. The number of amides is 2. The molecule has 1 saturated heterocycles. The molecule has 2 amide bonds. The first-order valence-corrected chi connectivity index (χ1v) is 5.71. The van der Waals surface area contributed by atoms with Gasteiger partial charge in [-0.3, -0.25) is 9.59 Å². The van der Waals surface area contributed by atoms with Crippen molar-refractivity contribution < 1.29 is 9.59 Å². The van der Waals surface area contributed by atoms with Crippen LogP contribution in [0.15, 0.2) is 12.2 Å². The van der Waals surface area contributed by atoms with Crippen molar-refractivity contribution in [2.75, 3.05) is 6.54 Å². The Kier molecular flexibility index (Phi) is 3.73. The van der Waals surface area contributed by atoms with Gasteiger partial charge in [0.25, 0.3) is 0 Å². The van der Waals surface area contributed by atoms with Crippen LogP contribution >= 0.6 is 0 Å². The van der Waals surface area contributed by atoms with Crippen LogP contribution in [0.5, 0.6) is 0 Å². The fraction of sp³-hybridized carbons (Fsp3) is 0.667. The molecule has 16 heavy (non-hydrogen) atoms. The Morgan fingerprint density at radius 2 is 2.12 bits per heavy atom. The van der Waals surface area contributed by atoms with Gasteiger partial charge in [-0.05, 0) is 27.2 Å². The summed E-state index contributed by atoms with van der Waals surface area (Å²) in [5, 5.41) is 2.72. The SMILES string of the molecule is C/C=C/CN1C(=O)C(C)NC(=O)C1(C)CC. The summed E-state index contributed by atoms with van der Waals surface area (Å²) < 4.78 is 0. The highest BCUT2D eigenvalue weighted by Crippen LogP contribution is 2.24. The van der Waals surface area contributed by atoms with Gasteiger partial charge in [-0.15, -0.1) is 0 Å². The zero-order valence-electron chi connectivity index (χ0n) is 10.4. The van der Waals surface area contributed by atoms with E-state index in [-0.39, 0.29) is 11.8 Å². The minimum absolute atomic E-state index is 0.0120. The number of piperazine rings is 1. The van der Waals surface area contributed by atoms with Crippen molar-refractivity contribution in [1.29, 1.82) is 0 Å². The molecule has 2 atom stereocenters. The number of rotatable bonds is 3. The van der Waals surface area contributed by atoms with E-state index >= 15 is 0 Å². The van der Waals surface area contributed by atoms with Gasteiger partial charge in [-0.2, -0.15) is 0 Å². The largest absolute Gasteiger partial charge is 0.343 e. The summed E-state index contributed by atoms with van der Waals surface area (Å²) >= 11 is 0. The number of allylic oxidation sites excluding steroid dienone is 1. The third-order valence-electron chi connectivity index (χ3n) is 3.28. The molecule has 0 spiro atoms. The van der Waals surface area contributed by atoms with Gasteiger partial charge in [0.1, 0.15) is 11.6 Å². The van der Waals surface area contributed by atoms with Gasteiger partial charge in [0.2, 0.25) is 11.8 Å². The lowest BCUT2D eigenvalue weighted by molar-refractivity contribution is -0.155. The standard InChI is InChI=1S/C12H20N2O2/c1-5-7-8-14-10(15)9(3)13-11(16)12(14,4)6-2/h5,7,9H,6,8H2,1-4H3,(H,13,16)/b7-5+. The summed E-state index contributed by atoms with van der Waals surface area (Å²) in [6.07, 6.45) is 4.41. The van der Waals surface area contributed by atoms with E-state index in [1.165, 1.54) is 0 Å². The van der Waals surface area contributed by atoms with Gasteiger partial charge in [0.15, 0.2) is 0 Å². The highest BCUT2D eigenvalue weighted by atomic mass is 16.2. The third-order valence-corrected chi connectivity index (χ3v) is 3.28. The lowest BCUT2D eigenvalue weighted by Crippen LogP contribution is -2.68. The number of carbonyl (C=O) groups excluding carboxylic acids is 2. The first kappa shape index (κ1) is 12.7. The molecule has 0 aromatic heterocycles. The molecule has 0 radical (unpaired) electrons. The first-order valence-electron chi connectivity index (χ1n) is 5.71. The molecule has 4 nitrogen and oxygen atoms in total. The van der Waals surface area contributed by atoms with Crippen molar-refractivity contribution >= 4 is 11.8 Å². The van der Waals surface area contributed by atoms with Gasteiger partial charge in [0.05, 0.1) is 0 Å². The predicted octanol–water partition coefficient (Wildman–Crippen LogP) is 1.08. The Hall–Kier alpha value is -1.32. The second-order valence-electron chi connectivity index (χ2n) is 4.34. The Morgan fingerprint density at radius 3 is 2.62 bits per heavy atom. The van der Waals surface area contributed by atoms with Gasteiger partial charge in [-0.25, -0.2) is 0 Å². The number of nitrogens with one attached hydrogen (secondary N) is 1. The molecular formula is C12H20N2O2. The molecule has 0 saturated carbocycles. The van der Waals surface area contributed by atoms with E-state index in [4.69, 9.17) is 0 Å². The molecule has 0 bridgehead atoms. The van der Waals surface area contributed by atoms with Gasteiger partial charge in [-0.1, -0.05) is 19.1 Å². The third kappa shape index (κ3) is 1.96. The van der Waals surface area contributed by atoms with Crippen LogP contribution in [0.25, 0.3) is 0 Å². The molecule has 1 rings (SSSR count). The molecule has 1 aliphatic heterocycles. The summed E-state index contributed by atoms with van der Waals surface area (Å²) in [4.78, 5) is 25.6. The molecule has 1 aliphatic rings. The van der Waals surface area contributed by atoms with E-state index in [2.05, 4.69) is 5.32 Å². The smallest absolute Gasteiger partial charge is 0.246 e. The van der Waals surface area contributed by atoms with Crippen LogP contribution in [-0.2, 0) is 9.59 Å². The number of carbonyl (C=O) groups is 2. The van der Waals surface area contributed by atoms with Crippen molar-refractivity contribution in [2.45, 2.75) is 45.7 Å². The highest BCUT2D eigenvalue weighted by molar-refractivity contribution is 5.99. The number of nitrogens with zero attached hydrogens (tertiary/aromatic N) is 1. The van der Waals surface area contributed by atoms with E-state index < -0.39 is 11.6 Å². The van der Waals surface area contributed by atoms with E-state index in [9.17, 15) is 9.59 Å². The summed E-state index contributed by atoms with van der Waals surface area (Å²) in [5.74, 6) is -0.0753. The number of hydrogen-bond donors (Lipinski definition) is 1. The van der Waals surface area contributed by atoms with Crippen molar-refractivity contribution in [3.8, 4) is 0 Å². The van der Waals surface area contributed by atoms with Gasteiger partial charge < -0.3 is 10.2 Å². The Labute approximate surface area is 96.7 Å².